The van der Waals surface area contributed by atoms with Crippen molar-refractivity contribution in [1.82, 2.24) is 19.9 Å². The van der Waals surface area contributed by atoms with Crippen molar-refractivity contribution in [3.8, 4) is 11.1 Å². The first-order valence-corrected chi connectivity index (χ1v) is 15.0. The van der Waals surface area contributed by atoms with E-state index in [0.29, 0.717) is 34.2 Å². The molecule has 9 heteroatoms. The number of fused-ring (bicyclic) bond motifs is 1. The Hall–Kier alpha value is -3.72. The molecule has 0 unspecified atom stereocenters. The van der Waals surface area contributed by atoms with Gasteiger partial charge in [-0.1, -0.05) is 61.7 Å². The van der Waals surface area contributed by atoms with Crippen molar-refractivity contribution in [3.63, 3.8) is 0 Å². The fraction of sp³-hybridized carbons (Fsp3) is 0.424. The van der Waals surface area contributed by atoms with Gasteiger partial charge in [0.15, 0.2) is 0 Å². The minimum Gasteiger partial charge on any atom is -0.341 e. The summed E-state index contributed by atoms with van der Waals surface area (Å²) in [5.74, 6) is 0.596. The number of hydrogen-bond donors (Lipinski definition) is 1. The molecule has 42 heavy (non-hydrogen) atoms. The Labute approximate surface area is 243 Å². The standard InChI is InChI=1S/C33H36F3N5O/c34-33(35,36)25-13-11-24(12-14-25)28-21-30(42)41(27-9-5-2-6-10-27)31-29(28)22-38-32(39-31)40-19-16-26(17-20-40)37-18-15-23-7-3-1-4-8-23/h1,3-4,7-8,11-14,21-22,26-27,37H,2,5-6,9-10,15-20H2. The average molecular weight is 576 g/mol. The second-order valence-electron chi connectivity index (χ2n) is 11.5. The molecule has 1 N–H and O–H groups in total. The summed E-state index contributed by atoms with van der Waals surface area (Å²) in [7, 11) is 0. The maximum atomic E-state index is 13.6. The van der Waals surface area contributed by atoms with E-state index < -0.39 is 11.7 Å². The largest absolute Gasteiger partial charge is 0.416 e. The van der Waals surface area contributed by atoms with Crippen molar-refractivity contribution < 1.29 is 13.2 Å². The van der Waals surface area contributed by atoms with Gasteiger partial charge in [-0.3, -0.25) is 9.36 Å². The Kier molecular flexibility index (Phi) is 8.29. The first-order chi connectivity index (χ1) is 20.4. The first kappa shape index (κ1) is 28.4. The molecule has 0 atom stereocenters. The van der Waals surface area contributed by atoms with Crippen LogP contribution in [0.15, 0.2) is 71.7 Å². The van der Waals surface area contributed by atoms with Crippen molar-refractivity contribution in [1.29, 1.82) is 0 Å². The number of piperidine rings is 1. The quantitative estimate of drug-likeness (QED) is 0.263. The van der Waals surface area contributed by atoms with Crippen LogP contribution in [0.1, 0.15) is 62.1 Å². The molecule has 2 aliphatic rings. The lowest BCUT2D eigenvalue weighted by molar-refractivity contribution is -0.137. The Morgan fingerprint density at radius 2 is 1.62 bits per heavy atom. The summed E-state index contributed by atoms with van der Waals surface area (Å²) < 4.78 is 41.4. The van der Waals surface area contributed by atoms with Gasteiger partial charge < -0.3 is 10.2 Å². The Bertz CT molecular complexity index is 1560. The number of nitrogens with zero attached hydrogens (tertiary/aromatic N) is 4. The molecule has 6 rings (SSSR count). The van der Waals surface area contributed by atoms with Crippen molar-refractivity contribution >= 4 is 17.0 Å². The third kappa shape index (κ3) is 6.21. The maximum absolute atomic E-state index is 13.6. The van der Waals surface area contributed by atoms with E-state index in [-0.39, 0.29) is 11.6 Å². The Morgan fingerprint density at radius 1 is 0.905 bits per heavy atom. The number of nitrogens with one attached hydrogen (secondary N) is 1. The highest BCUT2D eigenvalue weighted by Crippen LogP contribution is 2.35. The van der Waals surface area contributed by atoms with Crippen LogP contribution in [0.4, 0.5) is 19.1 Å². The number of halogens is 3. The third-order valence-corrected chi connectivity index (χ3v) is 8.71. The van der Waals surface area contributed by atoms with E-state index in [1.165, 1.54) is 23.8 Å². The summed E-state index contributed by atoms with van der Waals surface area (Å²) in [5, 5.41) is 4.37. The molecule has 220 valence electrons. The monoisotopic (exact) mass is 575 g/mol. The molecule has 4 aromatic rings. The van der Waals surface area contributed by atoms with Gasteiger partial charge in [0.1, 0.15) is 5.65 Å². The molecule has 0 spiro atoms. The molecule has 2 aromatic carbocycles. The number of alkyl halides is 3. The zero-order valence-electron chi connectivity index (χ0n) is 23.6. The molecule has 1 aliphatic heterocycles. The summed E-state index contributed by atoms with van der Waals surface area (Å²) in [4.78, 5) is 25.5. The van der Waals surface area contributed by atoms with E-state index >= 15 is 0 Å². The van der Waals surface area contributed by atoms with Gasteiger partial charge >= 0.3 is 6.18 Å². The van der Waals surface area contributed by atoms with Gasteiger partial charge in [0.2, 0.25) is 5.95 Å². The Morgan fingerprint density at radius 3 is 2.31 bits per heavy atom. The molecular weight excluding hydrogens is 539 g/mol. The number of anilines is 1. The van der Waals surface area contributed by atoms with Gasteiger partial charge in [-0.15, -0.1) is 0 Å². The lowest BCUT2D eigenvalue weighted by Crippen LogP contribution is -2.43. The molecule has 0 bridgehead atoms. The van der Waals surface area contributed by atoms with E-state index in [2.05, 4.69) is 34.5 Å². The van der Waals surface area contributed by atoms with Gasteiger partial charge in [-0.2, -0.15) is 18.2 Å². The predicted octanol–water partition coefficient (Wildman–Crippen LogP) is 6.78. The molecule has 1 saturated heterocycles. The maximum Gasteiger partial charge on any atom is 0.416 e. The normalized spacial score (nSPS) is 17.2. The number of aromatic nitrogens is 3. The molecule has 0 amide bonds. The minimum absolute atomic E-state index is 0.0534. The number of benzene rings is 2. The lowest BCUT2D eigenvalue weighted by atomic mass is 9.94. The van der Waals surface area contributed by atoms with Gasteiger partial charge in [0, 0.05) is 42.8 Å². The summed E-state index contributed by atoms with van der Waals surface area (Å²) in [6.07, 6.45) is 5.35. The van der Waals surface area contributed by atoms with Crippen molar-refractivity contribution in [3.05, 3.63) is 88.3 Å². The van der Waals surface area contributed by atoms with Gasteiger partial charge in [0.05, 0.1) is 5.56 Å². The summed E-state index contributed by atoms with van der Waals surface area (Å²) in [6.45, 7) is 2.54. The van der Waals surface area contributed by atoms with Crippen LogP contribution in [-0.2, 0) is 12.6 Å². The van der Waals surface area contributed by atoms with E-state index in [1.807, 2.05) is 10.6 Å². The Balaban J connectivity index is 1.26. The summed E-state index contributed by atoms with van der Waals surface area (Å²) >= 11 is 0. The highest BCUT2D eigenvalue weighted by Gasteiger charge is 2.30. The molecule has 2 fully saturated rings. The van der Waals surface area contributed by atoms with Crippen molar-refractivity contribution in [2.45, 2.75) is 69.6 Å². The van der Waals surface area contributed by atoms with Crippen LogP contribution in [0.2, 0.25) is 0 Å². The molecule has 1 aliphatic carbocycles. The molecule has 2 aromatic heterocycles. The van der Waals surface area contributed by atoms with Crippen LogP contribution in [0.25, 0.3) is 22.2 Å². The van der Waals surface area contributed by atoms with E-state index in [1.54, 1.807) is 6.20 Å². The molecular formula is C33H36F3N5O. The number of rotatable bonds is 7. The minimum atomic E-state index is -4.42. The molecule has 1 saturated carbocycles. The zero-order valence-corrected chi connectivity index (χ0v) is 23.6. The van der Waals surface area contributed by atoms with E-state index in [0.717, 1.165) is 83.1 Å². The van der Waals surface area contributed by atoms with Crippen LogP contribution >= 0.6 is 0 Å². The average Bonchev–Trinajstić information content (AvgIpc) is 3.01. The highest BCUT2D eigenvalue weighted by molar-refractivity contribution is 5.92. The van der Waals surface area contributed by atoms with Gasteiger partial charge in [-0.25, -0.2) is 4.98 Å². The summed E-state index contributed by atoms with van der Waals surface area (Å²) in [5.41, 5.74) is 2.10. The van der Waals surface area contributed by atoms with Crippen LogP contribution in [0, 0.1) is 0 Å². The van der Waals surface area contributed by atoms with Crippen LogP contribution in [-0.4, -0.2) is 40.2 Å². The fourth-order valence-corrected chi connectivity index (χ4v) is 6.38. The summed E-state index contributed by atoms with van der Waals surface area (Å²) in [6, 6.07) is 17.4. The molecule has 3 heterocycles. The fourth-order valence-electron chi connectivity index (χ4n) is 6.38. The predicted molar refractivity (Wildman–Crippen MR) is 160 cm³/mol. The molecule has 0 radical (unpaired) electrons. The number of hydrogen-bond acceptors (Lipinski definition) is 5. The second kappa shape index (κ2) is 12.3. The smallest absolute Gasteiger partial charge is 0.341 e. The first-order valence-electron chi connectivity index (χ1n) is 15.0. The molecule has 6 nitrogen and oxygen atoms in total. The van der Waals surface area contributed by atoms with Crippen LogP contribution < -0.4 is 15.8 Å². The van der Waals surface area contributed by atoms with Gasteiger partial charge in [0.25, 0.3) is 5.56 Å². The second-order valence-corrected chi connectivity index (χ2v) is 11.5. The lowest BCUT2D eigenvalue weighted by Gasteiger charge is -2.33. The number of pyridine rings is 1. The van der Waals surface area contributed by atoms with Crippen molar-refractivity contribution in [2.75, 3.05) is 24.5 Å². The SMILES string of the molecule is O=c1cc(-c2ccc(C(F)(F)F)cc2)c2cnc(N3CCC(NCCc4ccccc4)CC3)nc2n1C1CCCCC1. The van der Waals surface area contributed by atoms with Crippen molar-refractivity contribution in [2.24, 2.45) is 0 Å². The van der Waals surface area contributed by atoms with E-state index in [9.17, 15) is 18.0 Å². The van der Waals surface area contributed by atoms with Crippen LogP contribution in [0.5, 0.6) is 0 Å². The third-order valence-electron chi connectivity index (χ3n) is 8.71. The van der Waals surface area contributed by atoms with Gasteiger partial charge in [-0.05, 0) is 67.5 Å². The van der Waals surface area contributed by atoms with E-state index in [4.69, 9.17) is 9.97 Å². The highest BCUT2D eigenvalue weighted by atomic mass is 19.4. The topological polar surface area (TPSA) is 63.1 Å². The van der Waals surface area contributed by atoms with Crippen LogP contribution in [0.3, 0.4) is 0 Å². The zero-order chi connectivity index (χ0) is 29.1.